The summed E-state index contributed by atoms with van der Waals surface area (Å²) in [5, 5.41) is 4.07. The molecular weight excluding hydrogens is 298 g/mol. The highest BCUT2D eigenvalue weighted by Gasteiger charge is 2.32. The Bertz CT molecular complexity index is 755. The molecule has 1 fully saturated rings. The van der Waals surface area contributed by atoms with Gasteiger partial charge in [-0.15, -0.1) is 11.8 Å². The zero-order valence-corrected chi connectivity index (χ0v) is 13.3. The van der Waals surface area contributed by atoms with Crippen LogP contribution in [0.2, 0.25) is 0 Å². The molecule has 1 atom stereocenters. The standard InChI is InChI=1S/C16H17N3O2S/c1-11-3-5-12(6-4-11)16-19(9-10-22-16)15(21)13-7-8-14(20)18(2)17-13/h3-8,16H,9-10H2,1-2H3. The molecule has 1 aromatic carbocycles. The van der Waals surface area contributed by atoms with E-state index in [1.54, 1.807) is 18.8 Å². The Kier molecular flexibility index (Phi) is 4.02. The van der Waals surface area contributed by atoms with Gasteiger partial charge in [-0.05, 0) is 18.6 Å². The number of hydrogen-bond donors (Lipinski definition) is 0. The molecule has 6 heteroatoms. The average Bonchev–Trinajstić information content (AvgIpc) is 2.99. The Morgan fingerprint density at radius 1 is 1.23 bits per heavy atom. The van der Waals surface area contributed by atoms with Gasteiger partial charge in [-0.25, -0.2) is 4.68 Å². The number of benzene rings is 1. The Morgan fingerprint density at radius 2 is 1.95 bits per heavy atom. The molecule has 0 aliphatic carbocycles. The normalized spacial score (nSPS) is 17.7. The summed E-state index contributed by atoms with van der Waals surface area (Å²) in [5.41, 5.74) is 2.40. The predicted octanol–water partition coefficient (Wildman–Crippen LogP) is 1.98. The molecular formula is C16H17N3O2S. The highest BCUT2D eigenvalue weighted by Crippen LogP contribution is 2.38. The lowest BCUT2D eigenvalue weighted by molar-refractivity contribution is 0.0751. The van der Waals surface area contributed by atoms with E-state index >= 15 is 0 Å². The second-order valence-corrected chi connectivity index (χ2v) is 6.50. The minimum atomic E-state index is -0.220. The molecule has 5 nitrogen and oxygen atoms in total. The molecule has 1 aliphatic rings. The lowest BCUT2D eigenvalue weighted by Crippen LogP contribution is -2.33. The van der Waals surface area contributed by atoms with Crippen LogP contribution in [-0.2, 0) is 7.05 Å². The fourth-order valence-corrected chi connectivity index (χ4v) is 3.70. The van der Waals surface area contributed by atoms with Gasteiger partial charge < -0.3 is 4.90 Å². The van der Waals surface area contributed by atoms with Gasteiger partial charge in [0.1, 0.15) is 11.1 Å². The first kappa shape index (κ1) is 14.8. The van der Waals surface area contributed by atoms with Crippen LogP contribution in [0.1, 0.15) is 27.0 Å². The van der Waals surface area contributed by atoms with Crippen molar-refractivity contribution >= 4 is 17.7 Å². The molecule has 114 valence electrons. The molecule has 2 aromatic rings. The highest BCUT2D eigenvalue weighted by molar-refractivity contribution is 7.99. The Hall–Kier alpha value is -2.08. The van der Waals surface area contributed by atoms with Crippen LogP contribution in [0.3, 0.4) is 0 Å². The SMILES string of the molecule is Cc1ccc(C2SCCN2C(=O)c2ccc(=O)n(C)n2)cc1. The minimum absolute atomic E-state index is 0.00661. The predicted molar refractivity (Wildman–Crippen MR) is 86.9 cm³/mol. The van der Waals surface area contributed by atoms with Crippen LogP contribution < -0.4 is 5.56 Å². The summed E-state index contributed by atoms with van der Waals surface area (Å²) in [6.07, 6.45) is 0. The molecule has 0 radical (unpaired) electrons. The van der Waals surface area contributed by atoms with Gasteiger partial charge in [-0.1, -0.05) is 29.8 Å². The van der Waals surface area contributed by atoms with Crippen LogP contribution in [0.15, 0.2) is 41.2 Å². The third kappa shape index (κ3) is 2.78. The first-order valence-corrected chi connectivity index (χ1v) is 8.14. The van der Waals surface area contributed by atoms with Crippen molar-refractivity contribution in [1.82, 2.24) is 14.7 Å². The molecule has 0 N–H and O–H groups in total. The second-order valence-electron chi connectivity index (χ2n) is 5.31. The van der Waals surface area contributed by atoms with Crippen LogP contribution in [0.25, 0.3) is 0 Å². The van der Waals surface area contributed by atoms with Gasteiger partial charge >= 0.3 is 0 Å². The molecule has 1 saturated heterocycles. The monoisotopic (exact) mass is 315 g/mol. The fraction of sp³-hybridized carbons (Fsp3) is 0.312. The Labute approximate surface area is 132 Å². The van der Waals surface area contributed by atoms with Crippen LogP contribution in [-0.4, -0.2) is 32.9 Å². The maximum atomic E-state index is 12.7. The van der Waals surface area contributed by atoms with E-state index in [0.29, 0.717) is 12.2 Å². The molecule has 1 unspecified atom stereocenters. The number of carbonyl (C=O) groups excluding carboxylic acids is 1. The van der Waals surface area contributed by atoms with Gasteiger partial charge in [-0.2, -0.15) is 5.10 Å². The Balaban J connectivity index is 1.89. The van der Waals surface area contributed by atoms with Crippen molar-refractivity contribution in [2.45, 2.75) is 12.3 Å². The lowest BCUT2D eigenvalue weighted by Gasteiger charge is -2.24. The van der Waals surface area contributed by atoms with Crippen molar-refractivity contribution in [1.29, 1.82) is 0 Å². The molecule has 1 aromatic heterocycles. The molecule has 1 amide bonds. The molecule has 0 spiro atoms. The maximum Gasteiger partial charge on any atom is 0.275 e. The van der Waals surface area contributed by atoms with Gasteiger partial charge in [-0.3, -0.25) is 9.59 Å². The van der Waals surface area contributed by atoms with Gasteiger partial charge in [0.15, 0.2) is 0 Å². The van der Waals surface area contributed by atoms with Crippen molar-refractivity contribution in [3.8, 4) is 0 Å². The highest BCUT2D eigenvalue weighted by atomic mass is 32.2. The summed E-state index contributed by atoms with van der Waals surface area (Å²) in [6, 6.07) is 11.1. The van der Waals surface area contributed by atoms with E-state index < -0.39 is 0 Å². The van der Waals surface area contributed by atoms with E-state index in [1.807, 2.05) is 11.8 Å². The summed E-state index contributed by atoms with van der Waals surface area (Å²) < 4.78 is 1.19. The van der Waals surface area contributed by atoms with Crippen molar-refractivity contribution < 1.29 is 4.79 Å². The second kappa shape index (κ2) is 5.96. The number of hydrogen-bond acceptors (Lipinski definition) is 4. The molecule has 22 heavy (non-hydrogen) atoms. The molecule has 1 aliphatic heterocycles. The first-order valence-electron chi connectivity index (χ1n) is 7.10. The number of nitrogens with zero attached hydrogens (tertiary/aromatic N) is 3. The summed E-state index contributed by atoms with van der Waals surface area (Å²) in [7, 11) is 1.55. The molecule has 3 rings (SSSR count). The summed E-state index contributed by atoms with van der Waals surface area (Å²) in [4.78, 5) is 25.9. The molecule has 0 bridgehead atoms. The zero-order valence-electron chi connectivity index (χ0n) is 12.5. The van der Waals surface area contributed by atoms with E-state index in [4.69, 9.17) is 0 Å². The molecule has 2 heterocycles. The van der Waals surface area contributed by atoms with Gasteiger partial charge in [0, 0.05) is 25.4 Å². The lowest BCUT2D eigenvalue weighted by atomic mass is 10.1. The van der Waals surface area contributed by atoms with E-state index in [-0.39, 0.29) is 16.8 Å². The van der Waals surface area contributed by atoms with E-state index in [0.717, 1.165) is 11.3 Å². The van der Waals surface area contributed by atoms with Gasteiger partial charge in [0.25, 0.3) is 11.5 Å². The van der Waals surface area contributed by atoms with E-state index in [9.17, 15) is 9.59 Å². The van der Waals surface area contributed by atoms with Crippen LogP contribution in [0, 0.1) is 6.92 Å². The third-order valence-electron chi connectivity index (χ3n) is 3.69. The van der Waals surface area contributed by atoms with Crippen LogP contribution in [0.5, 0.6) is 0 Å². The van der Waals surface area contributed by atoms with Gasteiger partial charge in [0.05, 0.1) is 0 Å². The summed E-state index contributed by atoms with van der Waals surface area (Å²) in [5.74, 6) is 0.766. The van der Waals surface area contributed by atoms with E-state index in [2.05, 4.69) is 29.4 Å². The number of carbonyl (C=O) groups is 1. The van der Waals surface area contributed by atoms with Crippen molar-refractivity contribution in [2.75, 3.05) is 12.3 Å². The number of rotatable bonds is 2. The van der Waals surface area contributed by atoms with E-state index in [1.165, 1.54) is 22.4 Å². The summed E-state index contributed by atoms with van der Waals surface area (Å²) >= 11 is 1.75. The smallest absolute Gasteiger partial charge is 0.275 e. The Morgan fingerprint density at radius 3 is 2.64 bits per heavy atom. The quantitative estimate of drug-likeness (QED) is 0.850. The first-order chi connectivity index (χ1) is 10.6. The molecule has 0 saturated carbocycles. The van der Waals surface area contributed by atoms with Crippen molar-refractivity contribution in [2.24, 2.45) is 7.05 Å². The minimum Gasteiger partial charge on any atom is -0.320 e. The van der Waals surface area contributed by atoms with Crippen LogP contribution >= 0.6 is 11.8 Å². The average molecular weight is 315 g/mol. The maximum absolute atomic E-state index is 12.7. The summed E-state index contributed by atoms with van der Waals surface area (Å²) in [6.45, 7) is 2.73. The zero-order chi connectivity index (χ0) is 15.7. The van der Waals surface area contributed by atoms with Crippen LogP contribution in [0.4, 0.5) is 0 Å². The van der Waals surface area contributed by atoms with Crippen molar-refractivity contribution in [3.05, 3.63) is 63.6 Å². The number of aromatic nitrogens is 2. The van der Waals surface area contributed by atoms with Crippen molar-refractivity contribution in [3.63, 3.8) is 0 Å². The third-order valence-corrected chi connectivity index (χ3v) is 4.95. The largest absolute Gasteiger partial charge is 0.320 e. The number of thioether (sulfide) groups is 1. The fourth-order valence-electron chi connectivity index (χ4n) is 2.45. The van der Waals surface area contributed by atoms with Gasteiger partial charge in [0.2, 0.25) is 0 Å². The number of aryl methyl sites for hydroxylation is 2. The number of amides is 1. The topological polar surface area (TPSA) is 55.2 Å².